The summed E-state index contributed by atoms with van der Waals surface area (Å²) >= 11 is 0. The Bertz CT molecular complexity index is 411. The average Bonchev–Trinajstić information content (AvgIpc) is 2.40. The van der Waals surface area contributed by atoms with Gasteiger partial charge in [-0.25, -0.2) is 0 Å². The van der Waals surface area contributed by atoms with Crippen LogP contribution in [0.1, 0.15) is 37.7 Å². The van der Waals surface area contributed by atoms with Crippen molar-refractivity contribution in [3.63, 3.8) is 0 Å². The molecular formula is C16H23NO. The first-order chi connectivity index (χ1) is 8.75. The molecule has 0 bridgehead atoms. The van der Waals surface area contributed by atoms with Crippen molar-refractivity contribution >= 4 is 0 Å². The van der Waals surface area contributed by atoms with Gasteiger partial charge in [-0.2, -0.15) is 0 Å². The van der Waals surface area contributed by atoms with Crippen LogP contribution in [0.2, 0.25) is 0 Å². The van der Waals surface area contributed by atoms with E-state index in [1.54, 1.807) is 0 Å². The monoisotopic (exact) mass is 245 g/mol. The third kappa shape index (κ3) is 3.88. The minimum absolute atomic E-state index is 0.176. The van der Waals surface area contributed by atoms with Crippen LogP contribution in [0, 0.1) is 6.92 Å². The molecule has 1 aliphatic carbocycles. The standard InChI is InChI=1S/C16H23NO/c1-13-6-5-9-15(12-13)18-11-10-16(17)14-7-3-2-4-8-14/h5-7,9,12,16H,2-4,8,10-11,17H2,1H3. The van der Waals surface area contributed by atoms with E-state index in [2.05, 4.69) is 25.1 Å². The van der Waals surface area contributed by atoms with Crippen LogP contribution >= 0.6 is 0 Å². The minimum atomic E-state index is 0.176. The summed E-state index contributed by atoms with van der Waals surface area (Å²) in [7, 11) is 0. The first-order valence-electron chi connectivity index (χ1n) is 6.89. The fraction of sp³-hybridized carbons (Fsp3) is 0.500. The number of ether oxygens (including phenoxy) is 1. The van der Waals surface area contributed by atoms with E-state index in [-0.39, 0.29) is 6.04 Å². The molecule has 1 atom stereocenters. The Hall–Kier alpha value is -1.28. The lowest BCUT2D eigenvalue weighted by molar-refractivity contribution is 0.302. The summed E-state index contributed by atoms with van der Waals surface area (Å²) in [5.41, 5.74) is 8.85. The highest BCUT2D eigenvalue weighted by Gasteiger charge is 2.11. The van der Waals surface area contributed by atoms with Gasteiger partial charge >= 0.3 is 0 Å². The number of rotatable bonds is 5. The highest BCUT2D eigenvalue weighted by molar-refractivity contribution is 5.27. The summed E-state index contributed by atoms with van der Waals surface area (Å²) in [5, 5.41) is 0. The van der Waals surface area contributed by atoms with E-state index < -0.39 is 0 Å². The molecule has 0 saturated heterocycles. The van der Waals surface area contributed by atoms with Crippen LogP contribution in [0.25, 0.3) is 0 Å². The van der Waals surface area contributed by atoms with E-state index in [0.717, 1.165) is 12.2 Å². The maximum atomic E-state index is 6.19. The van der Waals surface area contributed by atoms with Gasteiger partial charge in [-0.15, -0.1) is 0 Å². The van der Waals surface area contributed by atoms with Crippen molar-refractivity contribution in [3.05, 3.63) is 41.5 Å². The molecule has 0 spiro atoms. The molecule has 18 heavy (non-hydrogen) atoms. The normalized spacial score (nSPS) is 17.1. The van der Waals surface area contributed by atoms with Gasteiger partial charge in [0.2, 0.25) is 0 Å². The molecule has 1 unspecified atom stereocenters. The molecule has 0 heterocycles. The fourth-order valence-corrected chi connectivity index (χ4v) is 2.39. The quantitative estimate of drug-likeness (QED) is 0.805. The molecule has 2 N–H and O–H groups in total. The van der Waals surface area contributed by atoms with Gasteiger partial charge in [0.25, 0.3) is 0 Å². The van der Waals surface area contributed by atoms with Crippen LogP contribution in [-0.4, -0.2) is 12.6 Å². The highest BCUT2D eigenvalue weighted by Crippen LogP contribution is 2.21. The molecule has 0 aromatic heterocycles. The molecule has 1 aliphatic rings. The van der Waals surface area contributed by atoms with E-state index in [1.165, 1.54) is 36.8 Å². The van der Waals surface area contributed by atoms with E-state index in [9.17, 15) is 0 Å². The van der Waals surface area contributed by atoms with Crippen molar-refractivity contribution in [3.8, 4) is 5.75 Å². The maximum absolute atomic E-state index is 6.19. The van der Waals surface area contributed by atoms with Crippen molar-refractivity contribution < 1.29 is 4.74 Å². The zero-order valence-corrected chi connectivity index (χ0v) is 11.2. The summed E-state index contributed by atoms with van der Waals surface area (Å²) < 4.78 is 5.74. The molecule has 0 fully saturated rings. The molecule has 2 heteroatoms. The van der Waals surface area contributed by atoms with Gasteiger partial charge in [-0.1, -0.05) is 23.8 Å². The van der Waals surface area contributed by atoms with Crippen molar-refractivity contribution in [2.24, 2.45) is 5.73 Å². The number of benzene rings is 1. The minimum Gasteiger partial charge on any atom is -0.494 e. The van der Waals surface area contributed by atoms with E-state index in [4.69, 9.17) is 10.5 Å². The Balaban J connectivity index is 1.76. The molecule has 0 radical (unpaired) electrons. The average molecular weight is 245 g/mol. The molecule has 98 valence electrons. The van der Waals surface area contributed by atoms with E-state index in [1.807, 2.05) is 12.1 Å². The Morgan fingerprint density at radius 3 is 2.94 bits per heavy atom. The number of hydrogen-bond acceptors (Lipinski definition) is 2. The van der Waals surface area contributed by atoms with Crippen LogP contribution in [-0.2, 0) is 0 Å². The smallest absolute Gasteiger partial charge is 0.119 e. The van der Waals surface area contributed by atoms with Crippen molar-refractivity contribution in [2.45, 2.75) is 45.1 Å². The molecule has 1 aromatic carbocycles. The summed E-state index contributed by atoms with van der Waals surface area (Å²) in [5.74, 6) is 0.944. The largest absolute Gasteiger partial charge is 0.494 e. The molecule has 0 saturated carbocycles. The predicted molar refractivity (Wildman–Crippen MR) is 75.8 cm³/mol. The second-order valence-electron chi connectivity index (χ2n) is 5.08. The van der Waals surface area contributed by atoms with Crippen molar-refractivity contribution in [1.29, 1.82) is 0 Å². The second-order valence-corrected chi connectivity index (χ2v) is 5.08. The molecule has 2 nitrogen and oxygen atoms in total. The van der Waals surface area contributed by atoms with E-state index >= 15 is 0 Å². The predicted octanol–water partition coefficient (Wildman–Crippen LogP) is 3.59. The first-order valence-corrected chi connectivity index (χ1v) is 6.89. The Labute approximate surface area is 110 Å². The molecule has 0 aliphatic heterocycles. The molecule has 1 aromatic rings. The Morgan fingerprint density at radius 2 is 2.22 bits per heavy atom. The maximum Gasteiger partial charge on any atom is 0.119 e. The number of nitrogens with two attached hydrogens (primary N) is 1. The SMILES string of the molecule is Cc1cccc(OCCC(N)C2=CCCCC2)c1. The second kappa shape index (κ2) is 6.60. The Morgan fingerprint density at radius 1 is 1.33 bits per heavy atom. The Kier molecular flexibility index (Phi) is 4.82. The van der Waals surface area contributed by atoms with Gasteiger partial charge in [-0.05, 0) is 50.3 Å². The van der Waals surface area contributed by atoms with Crippen LogP contribution in [0.5, 0.6) is 5.75 Å². The van der Waals surface area contributed by atoms with Crippen LogP contribution < -0.4 is 10.5 Å². The van der Waals surface area contributed by atoms with Crippen molar-refractivity contribution in [1.82, 2.24) is 0 Å². The van der Waals surface area contributed by atoms with Crippen LogP contribution in [0.15, 0.2) is 35.9 Å². The lowest BCUT2D eigenvalue weighted by Crippen LogP contribution is -2.26. The van der Waals surface area contributed by atoms with Crippen LogP contribution in [0.4, 0.5) is 0 Å². The van der Waals surface area contributed by atoms with Gasteiger partial charge < -0.3 is 10.5 Å². The molecule has 2 rings (SSSR count). The number of hydrogen-bond donors (Lipinski definition) is 1. The molecule has 0 amide bonds. The number of allylic oxidation sites excluding steroid dienone is 1. The van der Waals surface area contributed by atoms with Gasteiger partial charge in [0.1, 0.15) is 5.75 Å². The molecular weight excluding hydrogens is 222 g/mol. The summed E-state index contributed by atoms with van der Waals surface area (Å²) in [4.78, 5) is 0. The lowest BCUT2D eigenvalue weighted by atomic mass is 9.93. The van der Waals surface area contributed by atoms with E-state index in [0.29, 0.717) is 6.61 Å². The third-order valence-corrected chi connectivity index (χ3v) is 3.49. The summed E-state index contributed by atoms with van der Waals surface area (Å²) in [6.45, 7) is 2.77. The lowest BCUT2D eigenvalue weighted by Gasteiger charge is -2.19. The zero-order chi connectivity index (χ0) is 12.8. The van der Waals surface area contributed by atoms with Gasteiger partial charge in [0, 0.05) is 12.5 Å². The first kappa shape index (κ1) is 13.2. The van der Waals surface area contributed by atoms with Gasteiger partial charge in [0.05, 0.1) is 6.61 Å². The topological polar surface area (TPSA) is 35.2 Å². The summed E-state index contributed by atoms with van der Waals surface area (Å²) in [6, 6.07) is 8.33. The van der Waals surface area contributed by atoms with Crippen LogP contribution in [0.3, 0.4) is 0 Å². The summed E-state index contributed by atoms with van der Waals surface area (Å²) in [6.07, 6.45) is 8.20. The third-order valence-electron chi connectivity index (χ3n) is 3.49. The highest BCUT2D eigenvalue weighted by atomic mass is 16.5. The fourth-order valence-electron chi connectivity index (χ4n) is 2.39. The number of aryl methyl sites for hydroxylation is 1. The zero-order valence-electron chi connectivity index (χ0n) is 11.2. The van der Waals surface area contributed by atoms with Gasteiger partial charge in [0.15, 0.2) is 0 Å². The van der Waals surface area contributed by atoms with Crippen molar-refractivity contribution in [2.75, 3.05) is 6.61 Å². The van der Waals surface area contributed by atoms with Gasteiger partial charge in [-0.3, -0.25) is 0 Å².